The third-order valence-corrected chi connectivity index (χ3v) is 4.86. The van der Waals surface area contributed by atoms with Gasteiger partial charge >= 0.3 is 0 Å². The lowest BCUT2D eigenvalue weighted by Crippen LogP contribution is -2.54. The lowest BCUT2D eigenvalue weighted by Gasteiger charge is -2.37. The van der Waals surface area contributed by atoms with Gasteiger partial charge in [-0.05, 0) is 16.5 Å². The monoisotopic (exact) mass is 370 g/mol. The summed E-state index contributed by atoms with van der Waals surface area (Å²) in [6.45, 7) is 5.49. The number of rotatable bonds is 6. The largest absolute Gasteiger partial charge is 0.390 e. The lowest BCUT2D eigenvalue weighted by molar-refractivity contribution is -0.140. The van der Waals surface area contributed by atoms with Crippen LogP contribution in [0.15, 0.2) is 60.7 Å². The van der Waals surface area contributed by atoms with Crippen molar-refractivity contribution < 1.29 is 15.0 Å². The van der Waals surface area contributed by atoms with Crippen molar-refractivity contribution in [1.82, 2.24) is 4.90 Å². The summed E-state index contributed by atoms with van der Waals surface area (Å²) in [5.41, 5.74) is 7.05. The van der Waals surface area contributed by atoms with Crippen LogP contribution in [0.4, 0.5) is 0 Å². The zero-order valence-corrected chi connectivity index (χ0v) is 16.4. The number of hydrogen-bond donors (Lipinski definition) is 3. The van der Waals surface area contributed by atoms with Crippen LogP contribution in [0.5, 0.6) is 0 Å². The number of nitrogens with zero attached hydrogens (tertiary/aromatic N) is 1. The molecule has 1 amide bonds. The molecule has 27 heavy (non-hydrogen) atoms. The first kappa shape index (κ1) is 21.1. The SMILES string of the molecule is CN(C(=O)C(N)C(O)C(C)(C)C)[C@H](c1ccccc1)[C@H](O)c1ccccc1. The van der Waals surface area contributed by atoms with Gasteiger partial charge in [0.1, 0.15) is 12.1 Å². The van der Waals surface area contributed by atoms with Crippen LogP contribution in [0, 0.1) is 5.41 Å². The molecule has 0 aliphatic heterocycles. The Bertz CT molecular complexity index is 728. The number of carbonyl (C=O) groups excluding carboxylic acids is 1. The average molecular weight is 370 g/mol. The molecule has 2 rings (SSSR count). The molecule has 0 aliphatic rings. The van der Waals surface area contributed by atoms with Crippen LogP contribution in [0.2, 0.25) is 0 Å². The molecule has 0 aliphatic carbocycles. The molecule has 0 aromatic heterocycles. The summed E-state index contributed by atoms with van der Waals surface area (Å²) in [4.78, 5) is 14.4. The van der Waals surface area contributed by atoms with Crippen LogP contribution in [0.1, 0.15) is 44.0 Å². The van der Waals surface area contributed by atoms with E-state index < -0.39 is 35.6 Å². The minimum atomic E-state index is -1.08. The molecule has 0 fully saturated rings. The van der Waals surface area contributed by atoms with Crippen molar-refractivity contribution in [2.75, 3.05) is 7.05 Å². The summed E-state index contributed by atoms with van der Waals surface area (Å²) < 4.78 is 0. The number of nitrogens with two attached hydrogens (primary N) is 1. The predicted octanol–water partition coefficient (Wildman–Crippen LogP) is 2.65. The maximum absolute atomic E-state index is 13.0. The molecule has 4 N–H and O–H groups in total. The maximum Gasteiger partial charge on any atom is 0.242 e. The Kier molecular flexibility index (Phi) is 6.76. The van der Waals surface area contributed by atoms with E-state index in [4.69, 9.17) is 5.73 Å². The standard InChI is InChI=1S/C22H30N2O3/c1-22(2,3)20(26)17(23)21(27)24(4)18(15-11-7-5-8-12-15)19(25)16-13-9-6-10-14-16/h5-14,17-20,25-26H,23H2,1-4H3/t17?,18-,19-,20?/m1/s1. The fourth-order valence-corrected chi connectivity index (χ4v) is 3.15. The predicted molar refractivity (Wildman–Crippen MR) is 107 cm³/mol. The quantitative estimate of drug-likeness (QED) is 0.730. The molecule has 0 bridgehead atoms. The summed E-state index contributed by atoms with van der Waals surface area (Å²) in [5.74, 6) is -0.416. The molecule has 2 aromatic rings. The van der Waals surface area contributed by atoms with Gasteiger partial charge in [-0.25, -0.2) is 0 Å². The van der Waals surface area contributed by atoms with Crippen molar-refractivity contribution in [1.29, 1.82) is 0 Å². The van der Waals surface area contributed by atoms with Crippen molar-refractivity contribution in [3.05, 3.63) is 71.8 Å². The molecule has 2 aromatic carbocycles. The van der Waals surface area contributed by atoms with E-state index in [2.05, 4.69) is 0 Å². The highest BCUT2D eigenvalue weighted by atomic mass is 16.3. The van der Waals surface area contributed by atoms with Crippen molar-refractivity contribution in [3.63, 3.8) is 0 Å². The first-order valence-electron chi connectivity index (χ1n) is 9.13. The average Bonchev–Trinajstić information content (AvgIpc) is 2.67. The van der Waals surface area contributed by atoms with Gasteiger partial charge < -0.3 is 20.8 Å². The number of amides is 1. The van der Waals surface area contributed by atoms with Gasteiger partial charge in [-0.1, -0.05) is 81.4 Å². The molecule has 0 saturated carbocycles. The van der Waals surface area contributed by atoms with Gasteiger partial charge in [0.25, 0.3) is 0 Å². The molecule has 0 saturated heterocycles. The van der Waals surface area contributed by atoms with Crippen molar-refractivity contribution in [2.45, 2.75) is 45.1 Å². The van der Waals surface area contributed by atoms with Crippen LogP contribution in [-0.2, 0) is 4.79 Å². The first-order chi connectivity index (χ1) is 12.6. The van der Waals surface area contributed by atoms with Crippen molar-refractivity contribution in [3.8, 4) is 0 Å². The number of benzene rings is 2. The molecule has 0 spiro atoms. The summed E-state index contributed by atoms with van der Waals surface area (Å²) >= 11 is 0. The van der Waals surface area contributed by atoms with E-state index in [1.807, 2.05) is 81.4 Å². The van der Waals surface area contributed by atoms with Crippen LogP contribution in [-0.4, -0.2) is 40.2 Å². The lowest BCUT2D eigenvalue weighted by atomic mass is 9.84. The molecular weight excluding hydrogens is 340 g/mol. The maximum atomic E-state index is 13.0. The number of aliphatic hydroxyl groups is 2. The third-order valence-electron chi connectivity index (χ3n) is 4.86. The second kappa shape index (κ2) is 8.65. The Morgan fingerprint density at radius 3 is 1.81 bits per heavy atom. The van der Waals surface area contributed by atoms with Gasteiger partial charge in [0.2, 0.25) is 5.91 Å². The number of hydrogen-bond acceptors (Lipinski definition) is 4. The summed E-state index contributed by atoms with van der Waals surface area (Å²) in [6, 6.07) is 16.8. The third kappa shape index (κ3) is 4.95. The number of likely N-dealkylation sites (N-methyl/N-ethyl adjacent to an activating group) is 1. The van der Waals surface area contributed by atoms with Crippen molar-refractivity contribution in [2.24, 2.45) is 11.1 Å². The molecule has 5 nitrogen and oxygen atoms in total. The van der Waals surface area contributed by atoms with Crippen LogP contribution >= 0.6 is 0 Å². The van der Waals surface area contributed by atoms with Gasteiger partial charge in [-0.2, -0.15) is 0 Å². The Balaban J connectivity index is 2.37. The van der Waals surface area contributed by atoms with E-state index in [0.29, 0.717) is 5.56 Å². The molecule has 0 heterocycles. The molecule has 4 atom stereocenters. The fourth-order valence-electron chi connectivity index (χ4n) is 3.15. The number of carbonyl (C=O) groups is 1. The first-order valence-corrected chi connectivity index (χ1v) is 9.13. The highest BCUT2D eigenvalue weighted by Gasteiger charge is 2.38. The van der Waals surface area contributed by atoms with E-state index >= 15 is 0 Å². The van der Waals surface area contributed by atoms with Gasteiger partial charge in [-0.15, -0.1) is 0 Å². The van der Waals surface area contributed by atoms with Gasteiger partial charge in [0.15, 0.2) is 0 Å². The minimum Gasteiger partial charge on any atom is -0.390 e. The molecule has 5 heteroatoms. The molecule has 2 unspecified atom stereocenters. The zero-order chi connectivity index (χ0) is 20.2. The van der Waals surface area contributed by atoms with E-state index in [1.54, 1.807) is 7.05 Å². The molecular formula is C22H30N2O3. The van der Waals surface area contributed by atoms with E-state index in [1.165, 1.54) is 4.90 Å². The molecule has 0 radical (unpaired) electrons. The van der Waals surface area contributed by atoms with Crippen LogP contribution in [0.25, 0.3) is 0 Å². The van der Waals surface area contributed by atoms with E-state index in [-0.39, 0.29) is 0 Å². The second-order valence-electron chi connectivity index (χ2n) is 8.00. The van der Waals surface area contributed by atoms with E-state index in [0.717, 1.165) is 5.56 Å². The van der Waals surface area contributed by atoms with E-state index in [9.17, 15) is 15.0 Å². The Hall–Kier alpha value is -2.21. The Labute approximate surface area is 161 Å². The minimum absolute atomic E-state index is 0.416. The Morgan fingerprint density at radius 1 is 0.926 bits per heavy atom. The number of aliphatic hydroxyl groups excluding tert-OH is 2. The topological polar surface area (TPSA) is 86.8 Å². The fraction of sp³-hybridized carbons (Fsp3) is 0.409. The van der Waals surface area contributed by atoms with Crippen LogP contribution in [0.3, 0.4) is 0 Å². The van der Waals surface area contributed by atoms with Gasteiger partial charge in [0, 0.05) is 7.05 Å². The van der Waals surface area contributed by atoms with Gasteiger partial charge in [0.05, 0.1) is 12.1 Å². The smallest absolute Gasteiger partial charge is 0.242 e. The summed E-state index contributed by atoms with van der Waals surface area (Å²) in [5, 5.41) is 21.5. The zero-order valence-electron chi connectivity index (χ0n) is 16.4. The normalized spacial score (nSPS) is 16.3. The Morgan fingerprint density at radius 2 is 1.37 bits per heavy atom. The summed E-state index contributed by atoms with van der Waals surface area (Å²) in [6.07, 6.45) is -1.93. The second-order valence-corrected chi connectivity index (χ2v) is 8.00. The van der Waals surface area contributed by atoms with Gasteiger partial charge in [-0.3, -0.25) is 4.79 Å². The van der Waals surface area contributed by atoms with Crippen molar-refractivity contribution >= 4 is 5.91 Å². The highest BCUT2D eigenvalue weighted by molar-refractivity contribution is 5.82. The highest BCUT2D eigenvalue weighted by Crippen LogP contribution is 2.34. The molecule has 146 valence electrons. The summed E-state index contributed by atoms with van der Waals surface area (Å²) in [7, 11) is 1.61. The van der Waals surface area contributed by atoms with Crippen LogP contribution < -0.4 is 5.73 Å².